The minimum absolute atomic E-state index is 0.143. The van der Waals surface area contributed by atoms with Crippen LogP contribution in [0.3, 0.4) is 0 Å². The maximum absolute atomic E-state index is 11.3. The molecule has 1 amide bonds. The van der Waals surface area contributed by atoms with Crippen LogP contribution in [0.4, 0.5) is 0 Å². The van der Waals surface area contributed by atoms with Crippen LogP contribution in [0.25, 0.3) is 0 Å². The number of nitro groups is 1. The molecule has 72 valence electrons. The SMILES string of the molecule is O=C1N[C@H](CO)C[C@H]2C[C@@]12[N+](=O)[O-]. The number of rotatable bonds is 2. The van der Waals surface area contributed by atoms with E-state index in [9.17, 15) is 14.9 Å². The van der Waals surface area contributed by atoms with Crippen molar-refractivity contribution in [3.63, 3.8) is 0 Å². The normalized spacial score (nSPS) is 42.1. The van der Waals surface area contributed by atoms with Crippen molar-refractivity contribution in [1.29, 1.82) is 0 Å². The number of nitrogens with one attached hydrogen (secondary N) is 1. The van der Waals surface area contributed by atoms with Crippen LogP contribution in [0.2, 0.25) is 0 Å². The van der Waals surface area contributed by atoms with E-state index < -0.39 is 16.4 Å². The van der Waals surface area contributed by atoms with E-state index in [1.165, 1.54) is 0 Å². The van der Waals surface area contributed by atoms with Gasteiger partial charge in [-0.2, -0.15) is 0 Å². The first kappa shape index (κ1) is 8.43. The highest BCUT2D eigenvalue weighted by atomic mass is 16.6. The number of amides is 1. The molecule has 1 aliphatic heterocycles. The van der Waals surface area contributed by atoms with Crippen molar-refractivity contribution < 1.29 is 14.8 Å². The van der Waals surface area contributed by atoms with Crippen molar-refractivity contribution >= 4 is 5.91 Å². The fourth-order valence-electron chi connectivity index (χ4n) is 2.01. The van der Waals surface area contributed by atoms with E-state index in [1.807, 2.05) is 0 Å². The summed E-state index contributed by atoms with van der Waals surface area (Å²) < 4.78 is 0. The van der Waals surface area contributed by atoms with Crippen LogP contribution in [0.15, 0.2) is 0 Å². The van der Waals surface area contributed by atoms with Crippen molar-refractivity contribution in [3.8, 4) is 0 Å². The maximum Gasteiger partial charge on any atom is 0.302 e. The largest absolute Gasteiger partial charge is 0.394 e. The van der Waals surface area contributed by atoms with Gasteiger partial charge in [-0.25, -0.2) is 0 Å². The smallest absolute Gasteiger partial charge is 0.302 e. The van der Waals surface area contributed by atoms with Gasteiger partial charge in [0.2, 0.25) is 0 Å². The Labute approximate surface area is 74.1 Å². The second-order valence-corrected chi connectivity index (χ2v) is 3.67. The molecule has 2 rings (SSSR count). The van der Waals surface area contributed by atoms with Gasteiger partial charge in [-0.15, -0.1) is 0 Å². The highest BCUT2D eigenvalue weighted by Crippen LogP contribution is 2.51. The highest BCUT2D eigenvalue weighted by molar-refractivity contribution is 5.89. The van der Waals surface area contributed by atoms with Gasteiger partial charge in [0.15, 0.2) is 0 Å². The van der Waals surface area contributed by atoms with E-state index in [2.05, 4.69) is 5.32 Å². The number of piperidine rings is 1. The van der Waals surface area contributed by atoms with E-state index in [4.69, 9.17) is 5.11 Å². The summed E-state index contributed by atoms with van der Waals surface area (Å²) in [7, 11) is 0. The molecule has 0 bridgehead atoms. The first-order chi connectivity index (χ1) is 6.11. The zero-order valence-corrected chi connectivity index (χ0v) is 6.90. The molecule has 2 fully saturated rings. The summed E-state index contributed by atoms with van der Waals surface area (Å²) >= 11 is 0. The molecule has 3 atom stereocenters. The van der Waals surface area contributed by atoms with Crippen molar-refractivity contribution in [2.45, 2.75) is 24.4 Å². The number of hydrogen-bond acceptors (Lipinski definition) is 4. The molecule has 1 aliphatic carbocycles. The molecular weight excluding hydrogens is 176 g/mol. The first-order valence-corrected chi connectivity index (χ1v) is 4.17. The van der Waals surface area contributed by atoms with Crippen LogP contribution in [0.5, 0.6) is 0 Å². The maximum atomic E-state index is 11.3. The van der Waals surface area contributed by atoms with Gasteiger partial charge in [-0.3, -0.25) is 14.9 Å². The second kappa shape index (κ2) is 2.41. The molecule has 2 aliphatic rings. The quantitative estimate of drug-likeness (QED) is 0.423. The fraction of sp³-hybridized carbons (Fsp3) is 0.857. The molecule has 6 heteroatoms. The standard InChI is InChI=1S/C7H10N2O4/c10-3-5-1-4-2-7(4,9(12)13)6(11)8-5/h4-5,10H,1-3H2,(H,8,11)/t4-,5-,7-/m0/s1. The van der Waals surface area contributed by atoms with Gasteiger partial charge in [0.25, 0.3) is 5.91 Å². The Balaban J connectivity index is 2.16. The molecule has 0 radical (unpaired) electrons. The van der Waals surface area contributed by atoms with Crippen LogP contribution >= 0.6 is 0 Å². The molecule has 0 spiro atoms. The van der Waals surface area contributed by atoms with Gasteiger partial charge in [-0.1, -0.05) is 0 Å². The summed E-state index contributed by atoms with van der Waals surface area (Å²) in [6.07, 6.45) is 0.839. The number of hydrogen-bond donors (Lipinski definition) is 2. The molecule has 1 heterocycles. The Morgan fingerprint density at radius 3 is 2.92 bits per heavy atom. The van der Waals surface area contributed by atoms with Gasteiger partial charge in [0.1, 0.15) is 0 Å². The second-order valence-electron chi connectivity index (χ2n) is 3.67. The molecule has 0 unspecified atom stereocenters. The lowest BCUT2D eigenvalue weighted by molar-refractivity contribution is -0.527. The molecule has 1 saturated heterocycles. The lowest BCUT2D eigenvalue weighted by Gasteiger charge is -2.22. The Morgan fingerprint density at radius 2 is 2.46 bits per heavy atom. The third kappa shape index (κ3) is 0.949. The number of nitrogens with zero attached hydrogens (tertiary/aromatic N) is 1. The molecule has 2 N–H and O–H groups in total. The lowest BCUT2D eigenvalue weighted by atomic mass is 10.0. The van der Waals surface area contributed by atoms with Gasteiger partial charge in [-0.05, 0) is 6.42 Å². The Hall–Kier alpha value is -1.17. The summed E-state index contributed by atoms with van der Waals surface area (Å²) in [4.78, 5) is 21.4. The lowest BCUT2D eigenvalue weighted by Crippen LogP contribution is -2.53. The van der Waals surface area contributed by atoms with E-state index in [0.29, 0.717) is 12.8 Å². The minimum atomic E-state index is -1.36. The van der Waals surface area contributed by atoms with E-state index in [0.717, 1.165) is 0 Å². The van der Waals surface area contributed by atoms with Crippen LogP contribution < -0.4 is 5.32 Å². The zero-order chi connectivity index (χ0) is 9.64. The number of aliphatic hydroxyl groups is 1. The molecular formula is C7H10N2O4. The van der Waals surface area contributed by atoms with Crippen LogP contribution in [0, 0.1) is 16.0 Å². The summed E-state index contributed by atoms with van der Waals surface area (Å²) in [6.45, 7) is -0.143. The van der Waals surface area contributed by atoms with Crippen molar-refractivity contribution in [2.75, 3.05) is 6.61 Å². The number of carbonyl (C=O) groups is 1. The van der Waals surface area contributed by atoms with Gasteiger partial charge >= 0.3 is 5.54 Å². The topological polar surface area (TPSA) is 92.5 Å². The molecule has 1 saturated carbocycles. The minimum Gasteiger partial charge on any atom is -0.394 e. The highest BCUT2D eigenvalue weighted by Gasteiger charge is 2.74. The summed E-state index contributed by atoms with van der Waals surface area (Å²) in [5.74, 6) is -0.707. The summed E-state index contributed by atoms with van der Waals surface area (Å²) in [5, 5.41) is 21.8. The Morgan fingerprint density at radius 1 is 1.77 bits per heavy atom. The van der Waals surface area contributed by atoms with Crippen molar-refractivity contribution in [1.82, 2.24) is 5.32 Å². The average molecular weight is 186 g/mol. The predicted octanol–water partition coefficient (Wildman–Crippen LogP) is -1.10. The monoisotopic (exact) mass is 186 g/mol. The number of aliphatic hydroxyl groups excluding tert-OH is 1. The molecule has 6 nitrogen and oxygen atoms in total. The average Bonchev–Trinajstić information content (AvgIpc) is 2.80. The van der Waals surface area contributed by atoms with Gasteiger partial charge < -0.3 is 10.4 Å². The summed E-state index contributed by atoms with van der Waals surface area (Å²) in [6, 6.07) is -0.298. The van der Waals surface area contributed by atoms with Crippen LogP contribution in [0.1, 0.15) is 12.8 Å². The van der Waals surface area contributed by atoms with E-state index >= 15 is 0 Å². The van der Waals surface area contributed by atoms with Crippen LogP contribution in [-0.4, -0.2) is 34.1 Å². The number of carbonyl (C=O) groups excluding carboxylic acids is 1. The molecule has 0 aromatic rings. The van der Waals surface area contributed by atoms with E-state index in [-0.39, 0.29) is 18.6 Å². The predicted molar refractivity (Wildman–Crippen MR) is 41.5 cm³/mol. The molecule has 13 heavy (non-hydrogen) atoms. The third-order valence-corrected chi connectivity index (χ3v) is 2.92. The Kier molecular flexibility index (Phi) is 1.56. The fourth-order valence-corrected chi connectivity index (χ4v) is 2.01. The van der Waals surface area contributed by atoms with Crippen molar-refractivity contribution in [3.05, 3.63) is 10.1 Å². The molecule has 0 aromatic carbocycles. The van der Waals surface area contributed by atoms with Gasteiger partial charge in [0.05, 0.1) is 12.6 Å². The zero-order valence-electron chi connectivity index (χ0n) is 6.90. The first-order valence-electron chi connectivity index (χ1n) is 4.17. The third-order valence-electron chi connectivity index (χ3n) is 2.92. The summed E-state index contributed by atoms with van der Waals surface area (Å²) in [5.41, 5.74) is -1.36. The van der Waals surface area contributed by atoms with Gasteiger partial charge in [0, 0.05) is 17.3 Å². The molecule has 0 aromatic heterocycles. The van der Waals surface area contributed by atoms with Crippen LogP contribution in [-0.2, 0) is 4.79 Å². The van der Waals surface area contributed by atoms with Crippen molar-refractivity contribution in [2.24, 2.45) is 5.92 Å². The number of fused-ring (bicyclic) bond motifs is 1. The Bertz CT molecular complexity index is 280. The van der Waals surface area contributed by atoms with E-state index in [1.54, 1.807) is 0 Å².